The molecule has 0 aliphatic rings. The summed E-state index contributed by atoms with van der Waals surface area (Å²) >= 11 is 0. The van der Waals surface area contributed by atoms with Gasteiger partial charge in [0, 0.05) is 28.8 Å². The Morgan fingerprint density at radius 3 is 2.61 bits per heavy atom. The number of aromatic nitrogens is 5. The van der Waals surface area contributed by atoms with Gasteiger partial charge in [0.05, 0.1) is 24.9 Å². The van der Waals surface area contributed by atoms with E-state index in [-0.39, 0.29) is 5.82 Å². The quantitative estimate of drug-likeness (QED) is 0.476. The van der Waals surface area contributed by atoms with E-state index in [1.54, 1.807) is 36.3 Å². The summed E-state index contributed by atoms with van der Waals surface area (Å²) in [5.74, 6) is 1.25. The van der Waals surface area contributed by atoms with Gasteiger partial charge in [-0.25, -0.2) is 24.7 Å². The smallest absolute Gasteiger partial charge is 0.343 e. The molecule has 0 bridgehead atoms. The predicted octanol–water partition coefficient (Wildman–Crippen LogP) is 3.19. The average Bonchev–Trinajstić information content (AvgIpc) is 3.24. The van der Waals surface area contributed by atoms with Crippen LogP contribution in [0.2, 0.25) is 0 Å². The highest BCUT2D eigenvalue weighted by atomic mass is 16.5. The van der Waals surface area contributed by atoms with E-state index in [2.05, 4.69) is 19.9 Å². The number of fused-ring (bicyclic) bond motifs is 2. The average molecular weight is 414 g/mol. The van der Waals surface area contributed by atoms with Crippen molar-refractivity contribution in [2.24, 2.45) is 0 Å². The van der Waals surface area contributed by atoms with Gasteiger partial charge in [0.1, 0.15) is 17.6 Å². The summed E-state index contributed by atoms with van der Waals surface area (Å²) in [4.78, 5) is 29.8. The standard InChI is InChI=1S/C22H18N6O3/c1-12(28-11-27-18-20(23)25-10-26-21(18)28)19-17(13-7-8-16(30-2)24-9-13)14-5-3-4-6-15(14)22(29)31-19/h3-12H,1-2H3,(H2,23,25,26). The van der Waals surface area contributed by atoms with Crippen LogP contribution in [0, 0.1) is 0 Å². The van der Waals surface area contributed by atoms with Crippen LogP contribution >= 0.6 is 0 Å². The lowest BCUT2D eigenvalue weighted by molar-refractivity contribution is 0.398. The maximum Gasteiger partial charge on any atom is 0.343 e. The molecule has 0 aliphatic heterocycles. The van der Waals surface area contributed by atoms with Gasteiger partial charge >= 0.3 is 5.63 Å². The molecule has 0 saturated heterocycles. The van der Waals surface area contributed by atoms with Gasteiger partial charge < -0.3 is 19.5 Å². The minimum Gasteiger partial charge on any atom is -0.481 e. The highest BCUT2D eigenvalue weighted by Gasteiger charge is 2.24. The number of benzene rings is 1. The largest absolute Gasteiger partial charge is 0.481 e. The molecule has 1 aromatic carbocycles. The molecule has 5 aromatic rings. The summed E-state index contributed by atoms with van der Waals surface area (Å²) in [5, 5.41) is 1.26. The molecule has 5 rings (SSSR count). The molecule has 31 heavy (non-hydrogen) atoms. The van der Waals surface area contributed by atoms with E-state index in [9.17, 15) is 4.79 Å². The van der Waals surface area contributed by atoms with Crippen LogP contribution in [0.4, 0.5) is 5.82 Å². The zero-order chi connectivity index (χ0) is 21.5. The summed E-state index contributed by atoms with van der Waals surface area (Å²) in [5.41, 5.74) is 8.12. The second-order valence-corrected chi connectivity index (χ2v) is 7.02. The van der Waals surface area contributed by atoms with Gasteiger partial charge in [-0.05, 0) is 19.1 Å². The molecule has 1 unspecified atom stereocenters. The van der Waals surface area contributed by atoms with Crippen LogP contribution in [0.3, 0.4) is 0 Å². The lowest BCUT2D eigenvalue weighted by Gasteiger charge is -2.18. The molecule has 0 fully saturated rings. The number of nitrogens with zero attached hydrogens (tertiary/aromatic N) is 5. The van der Waals surface area contributed by atoms with Crippen LogP contribution in [-0.4, -0.2) is 31.6 Å². The normalized spacial score (nSPS) is 12.3. The van der Waals surface area contributed by atoms with Crippen LogP contribution in [-0.2, 0) is 0 Å². The number of anilines is 1. The molecule has 0 saturated carbocycles. The summed E-state index contributed by atoms with van der Waals surface area (Å²) in [6.07, 6.45) is 4.70. The molecule has 9 heteroatoms. The third-order valence-electron chi connectivity index (χ3n) is 5.28. The minimum atomic E-state index is -0.416. The molecule has 0 spiro atoms. The van der Waals surface area contributed by atoms with Crippen molar-refractivity contribution in [1.82, 2.24) is 24.5 Å². The number of hydrogen-bond acceptors (Lipinski definition) is 8. The van der Waals surface area contributed by atoms with Crippen molar-refractivity contribution in [3.05, 3.63) is 71.4 Å². The SMILES string of the molecule is COc1ccc(-c2c(C(C)n3cnc4c(N)ncnc43)oc(=O)c3ccccc23)cn1. The summed E-state index contributed by atoms with van der Waals surface area (Å²) in [7, 11) is 1.56. The number of methoxy groups -OCH3 is 1. The fourth-order valence-corrected chi connectivity index (χ4v) is 3.74. The van der Waals surface area contributed by atoms with Crippen LogP contribution in [0.15, 0.2) is 64.5 Å². The van der Waals surface area contributed by atoms with Crippen molar-refractivity contribution in [1.29, 1.82) is 0 Å². The number of hydrogen-bond donors (Lipinski definition) is 1. The Hall–Kier alpha value is -4.27. The Kier molecular flexibility index (Phi) is 4.36. The number of pyridine rings is 1. The van der Waals surface area contributed by atoms with E-state index in [1.165, 1.54) is 6.33 Å². The Morgan fingerprint density at radius 1 is 1.06 bits per heavy atom. The Bertz CT molecular complexity index is 1470. The zero-order valence-electron chi connectivity index (χ0n) is 16.8. The third kappa shape index (κ3) is 2.98. The first kappa shape index (κ1) is 18.7. The van der Waals surface area contributed by atoms with Gasteiger partial charge in [0.2, 0.25) is 5.88 Å². The summed E-state index contributed by atoms with van der Waals surface area (Å²) in [6, 6.07) is 10.6. The molecule has 9 nitrogen and oxygen atoms in total. The maximum atomic E-state index is 12.8. The number of nitrogens with two attached hydrogens (primary N) is 1. The fourth-order valence-electron chi connectivity index (χ4n) is 3.74. The maximum absolute atomic E-state index is 12.8. The van der Waals surface area contributed by atoms with E-state index in [0.717, 1.165) is 16.5 Å². The van der Waals surface area contributed by atoms with Crippen molar-refractivity contribution in [2.75, 3.05) is 12.8 Å². The van der Waals surface area contributed by atoms with E-state index >= 15 is 0 Å². The lowest BCUT2D eigenvalue weighted by atomic mass is 9.97. The first-order valence-electron chi connectivity index (χ1n) is 9.57. The second-order valence-electron chi connectivity index (χ2n) is 7.02. The fraction of sp³-hybridized carbons (Fsp3) is 0.136. The van der Waals surface area contributed by atoms with Gasteiger partial charge in [0.15, 0.2) is 11.5 Å². The van der Waals surface area contributed by atoms with Gasteiger partial charge in [-0.3, -0.25) is 0 Å². The molecule has 0 amide bonds. The molecule has 0 radical (unpaired) electrons. The van der Waals surface area contributed by atoms with Gasteiger partial charge in [-0.1, -0.05) is 18.2 Å². The van der Waals surface area contributed by atoms with Gasteiger partial charge in [-0.2, -0.15) is 0 Å². The topological polar surface area (TPSA) is 122 Å². The first-order chi connectivity index (χ1) is 15.1. The van der Waals surface area contributed by atoms with Crippen molar-refractivity contribution in [3.8, 4) is 17.0 Å². The molecule has 4 heterocycles. The van der Waals surface area contributed by atoms with Crippen LogP contribution in [0.25, 0.3) is 33.1 Å². The Labute approximate surface area is 176 Å². The number of rotatable bonds is 4. The second kappa shape index (κ2) is 7.21. The molecular weight excluding hydrogens is 396 g/mol. The summed E-state index contributed by atoms with van der Waals surface area (Å²) < 4.78 is 12.9. The zero-order valence-corrected chi connectivity index (χ0v) is 16.8. The van der Waals surface area contributed by atoms with Crippen LogP contribution in [0.5, 0.6) is 5.88 Å². The van der Waals surface area contributed by atoms with Crippen LogP contribution in [0.1, 0.15) is 18.7 Å². The highest BCUT2D eigenvalue weighted by molar-refractivity contribution is 5.96. The molecule has 154 valence electrons. The van der Waals surface area contributed by atoms with Crippen molar-refractivity contribution < 1.29 is 9.15 Å². The Morgan fingerprint density at radius 2 is 1.87 bits per heavy atom. The predicted molar refractivity (Wildman–Crippen MR) is 116 cm³/mol. The lowest BCUT2D eigenvalue weighted by Crippen LogP contribution is -2.13. The minimum absolute atomic E-state index is 0.287. The third-order valence-corrected chi connectivity index (χ3v) is 5.28. The van der Waals surface area contributed by atoms with E-state index in [0.29, 0.717) is 28.2 Å². The number of ether oxygens (including phenoxy) is 1. The van der Waals surface area contributed by atoms with Gasteiger partial charge in [-0.15, -0.1) is 0 Å². The first-order valence-corrected chi connectivity index (χ1v) is 9.57. The van der Waals surface area contributed by atoms with Gasteiger partial charge in [0.25, 0.3) is 0 Å². The monoisotopic (exact) mass is 414 g/mol. The summed E-state index contributed by atoms with van der Waals surface area (Å²) in [6.45, 7) is 1.91. The van der Waals surface area contributed by atoms with E-state index in [4.69, 9.17) is 14.9 Å². The Balaban J connectivity index is 1.79. The van der Waals surface area contributed by atoms with Crippen molar-refractivity contribution in [3.63, 3.8) is 0 Å². The molecule has 4 aromatic heterocycles. The van der Waals surface area contributed by atoms with E-state index in [1.807, 2.05) is 31.2 Å². The van der Waals surface area contributed by atoms with Crippen LogP contribution < -0.4 is 16.1 Å². The molecule has 1 atom stereocenters. The number of imidazole rings is 1. The molecular formula is C22H18N6O3. The molecule has 2 N–H and O–H groups in total. The number of nitrogen functional groups attached to an aromatic ring is 1. The van der Waals surface area contributed by atoms with Crippen molar-refractivity contribution in [2.45, 2.75) is 13.0 Å². The molecule has 0 aliphatic carbocycles. The highest BCUT2D eigenvalue weighted by Crippen LogP contribution is 2.36. The van der Waals surface area contributed by atoms with Crippen molar-refractivity contribution >= 4 is 27.8 Å². The van der Waals surface area contributed by atoms with E-state index < -0.39 is 11.7 Å².